The topological polar surface area (TPSA) is 60.5 Å². The van der Waals surface area contributed by atoms with Crippen molar-refractivity contribution >= 4 is 22.0 Å². The molecule has 1 heterocycles. The highest BCUT2D eigenvalue weighted by atomic mass is 79.9. The highest BCUT2D eigenvalue weighted by Gasteiger charge is 2.29. The van der Waals surface area contributed by atoms with Crippen molar-refractivity contribution in [3.05, 3.63) is 22.2 Å². The van der Waals surface area contributed by atoms with Gasteiger partial charge in [-0.2, -0.15) is 0 Å². The number of ether oxygens (including phenoxy) is 2. The quantitative estimate of drug-likeness (QED) is 0.791. The molecular weight excluding hydrogens is 367 g/mol. The first-order valence-corrected chi connectivity index (χ1v) is 8.42. The molecule has 1 aliphatic carbocycles. The van der Waals surface area contributed by atoms with Crippen LogP contribution in [0.2, 0.25) is 0 Å². The number of carbonyl (C=O) groups excluding carboxylic acids is 1. The lowest BCUT2D eigenvalue weighted by atomic mass is 10.2. The summed E-state index contributed by atoms with van der Waals surface area (Å²) in [5, 5.41) is 2.84. The fourth-order valence-corrected chi connectivity index (χ4v) is 2.92. The molecule has 1 aliphatic rings. The minimum atomic E-state index is -0.519. The Morgan fingerprint density at radius 2 is 2.13 bits per heavy atom. The van der Waals surface area contributed by atoms with E-state index in [1.807, 2.05) is 20.8 Å². The van der Waals surface area contributed by atoms with Crippen molar-refractivity contribution in [1.82, 2.24) is 10.3 Å². The first-order valence-electron chi connectivity index (χ1n) is 7.63. The first-order chi connectivity index (χ1) is 10.6. The lowest BCUT2D eigenvalue weighted by molar-refractivity contribution is 0.0503. The Hall–Kier alpha value is -1.37. The number of hydrogen-bond donors (Lipinski definition) is 1. The van der Waals surface area contributed by atoms with Gasteiger partial charge in [0, 0.05) is 18.5 Å². The van der Waals surface area contributed by atoms with Crippen LogP contribution in [-0.4, -0.2) is 28.8 Å². The number of nitrogens with one attached hydrogen (secondary N) is 1. The Labute approximate surface area is 144 Å². The van der Waals surface area contributed by atoms with Crippen molar-refractivity contribution in [2.45, 2.75) is 64.7 Å². The van der Waals surface area contributed by atoms with Crippen molar-refractivity contribution in [3.8, 4) is 5.75 Å². The standard InChI is InChI=1S/C16H22BrFN2O3/c1-9-12(18)8-13(14(17)19-9)22-11-6-5-10(7-11)20-15(21)23-16(2,3)4/h8,10-11H,5-7H2,1-4H3,(H,20,21)/t10-,11+/m0/s1. The van der Waals surface area contributed by atoms with Gasteiger partial charge in [0.25, 0.3) is 0 Å². The molecule has 0 saturated heterocycles. The normalized spacial score (nSPS) is 21.1. The van der Waals surface area contributed by atoms with E-state index in [0.717, 1.165) is 12.8 Å². The van der Waals surface area contributed by atoms with Crippen LogP contribution in [0.5, 0.6) is 5.75 Å². The lowest BCUT2D eigenvalue weighted by Crippen LogP contribution is -2.38. The van der Waals surface area contributed by atoms with E-state index in [2.05, 4.69) is 26.2 Å². The zero-order valence-electron chi connectivity index (χ0n) is 13.8. The summed E-state index contributed by atoms with van der Waals surface area (Å²) >= 11 is 3.28. The molecule has 0 aromatic carbocycles. The number of carbonyl (C=O) groups is 1. The number of nitrogens with zero attached hydrogens (tertiary/aromatic N) is 1. The number of alkyl carbamates (subject to hydrolysis) is 1. The number of hydrogen-bond acceptors (Lipinski definition) is 4. The highest BCUT2D eigenvalue weighted by molar-refractivity contribution is 9.10. The van der Waals surface area contributed by atoms with E-state index in [-0.39, 0.29) is 12.1 Å². The Morgan fingerprint density at radius 1 is 1.43 bits per heavy atom. The van der Waals surface area contributed by atoms with Crippen LogP contribution in [-0.2, 0) is 4.74 Å². The summed E-state index contributed by atoms with van der Waals surface area (Å²) in [4.78, 5) is 15.8. The van der Waals surface area contributed by atoms with Gasteiger partial charge in [-0.05, 0) is 56.5 Å². The van der Waals surface area contributed by atoms with Crippen molar-refractivity contribution in [3.63, 3.8) is 0 Å². The van der Waals surface area contributed by atoms with Gasteiger partial charge in [-0.25, -0.2) is 14.2 Å². The fourth-order valence-electron chi connectivity index (χ4n) is 2.45. The Bertz CT molecular complexity index is 589. The van der Waals surface area contributed by atoms with Crippen molar-refractivity contribution in [1.29, 1.82) is 0 Å². The smallest absolute Gasteiger partial charge is 0.407 e. The van der Waals surface area contributed by atoms with Crippen LogP contribution in [0.3, 0.4) is 0 Å². The van der Waals surface area contributed by atoms with Crippen LogP contribution in [0.15, 0.2) is 10.7 Å². The molecule has 1 aromatic rings. The van der Waals surface area contributed by atoms with Crippen LogP contribution in [0.25, 0.3) is 0 Å². The number of pyridine rings is 1. The number of halogens is 2. The molecule has 0 aliphatic heterocycles. The zero-order chi connectivity index (χ0) is 17.2. The molecule has 128 valence electrons. The SMILES string of the molecule is Cc1nc(Br)c(O[C@@H]2CC[C@H](NC(=O)OC(C)(C)C)C2)cc1F. The summed E-state index contributed by atoms with van der Waals surface area (Å²) in [6, 6.07) is 1.33. The molecular formula is C16H22BrFN2O3. The second-order valence-electron chi connectivity index (χ2n) is 6.74. The Morgan fingerprint density at radius 3 is 2.78 bits per heavy atom. The van der Waals surface area contributed by atoms with Gasteiger partial charge in [-0.3, -0.25) is 0 Å². The minimum Gasteiger partial charge on any atom is -0.487 e. The highest BCUT2D eigenvalue weighted by Crippen LogP contribution is 2.30. The van der Waals surface area contributed by atoms with Gasteiger partial charge in [-0.15, -0.1) is 0 Å². The molecule has 1 fully saturated rings. The summed E-state index contributed by atoms with van der Waals surface area (Å²) in [7, 11) is 0. The van der Waals surface area contributed by atoms with Crippen LogP contribution >= 0.6 is 15.9 Å². The van der Waals surface area contributed by atoms with Crippen molar-refractivity contribution < 1.29 is 18.7 Å². The van der Waals surface area contributed by atoms with Gasteiger partial charge in [0.2, 0.25) is 0 Å². The van der Waals surface area contributed by atoms with E-state index >= 15 is 0 Å². The molecule has 1 saturated carbocycles. The van der Waals surface area contributed by atoms with Crippen molar-refractivity contribution in [2.75, 3.05) is 0 Å². The summed E-state index contributed by atoms with van der Waals surface area (Å²) in [6.45, 7) is 7.07. The maximum absolute atomic E-state index is 13.6. The average Bonchev–Trinajstić information content (AvgIpc) is 2.80. The van der Waals surface area contributed by atoms with Crippen LogP contribution in [0, 0.1) is 12.7 Å². The van der Waals surface area contributed by atoms with Crippen LogP contribution in [0.1, 0.15) is 45.7 Å². The third kappa shape index (κ3) is 5.34. The summed E-state index contributed by atoms with van der Waals surface area (Å²) in [5.74, 6) is -0.0133. The number of aryl methyl sites for hydroxylation is 1. The predicted octanol–water partition coefficient (Wildman–Crippen LogP) is 4.12. The monoisotopic (exact) mass is 388 g/mol. The summed E-state index contributed by atoms with van der Waals surface area (Å²) in [5.41, 5.74) is -0.200. The summed E-state index contributed by atoms with van der Waals surface area (Å²) in [6.07, 6.45) is 1.72. The first kappa shape index (κ1) is 18.0. The Kier molecular flexibility index (Phi) is 5.49. The van der Waals surface area contributed by atoms with Gasteiger partial charge in [0.15, 0.2) is 5.75 Å². The Balaban J connectivity index is 1.89. The molecule has 0 spiro atoms. The van der Waals surface area contributed by atoms with E-state index in [0.29, 0.717) is 22.5 Å². The second-order valence-corrected chi connectivity index (χ2v) is 7.49. The lowest BCUT2D eigenvalue weighted by Gasteiger charge is -2.22. The average molecular weight is 389 g/mol. The molecule has 0 radical (unpaired) electrons. The van der Waals surface area contributed by atoms with Gasteiger partial charge in [-0.1, -0.05) is 0 Å². The number of amides is 1. The molecule has 5 nitrogen and oxygen atoms in total. The molecule has 2 atom stereocenters. The van der Waals surface area contributed by atoms with Gasteiger partial charge in [0.05, 0.1) is 5.69 Å². The third-order valence-electron chi connectivity index (χ3n) is 3.47. The molecule has 1 amide bonds. The molecule has 0 bridgehead atoms. The van der Waals surface area contributed by atoms with E-state index in [4.69, 9.17) is 9.47 Å². The predicted molar refractivity (Wildman–Crippen MR) is 88.1 cm³/mol. The molecule has 0 unspecified atom stereocenters. The van der Waals surface area contributed by atoms with E-state index in [1.165, 1.54) is 6.07 Å². The van der Waals surface area contributed by atoms with Gasteiger partial charge >= 0.3 is 6.09 Å². The molecule has 1 aromatic heterocycles. The van der Waals surface area contributed by atoms with E-state index in [1.54, 1.807) is 6.92 Å². The fraction of sp³-hybridized carbons (Fsp3) is 0.625. The van der Waals surface area contributed by atoms with E-state index < -0.39 is 17.5 Å². The van der Waals surface area contributed by atoms with Crippen LogP contribution in [0.4, 0.5) is 9.18 Å². The zero-order valence-corrected chi connectivity index (χ0v) is 15.4. The van der Waals surface area contributed by atoms with Gasteiger partial charge in [0.1, 0.15) is 22.1 Å². The summed E-state index contributed by atoms with van der Waals surface area (Å²) < 4.78 is 25.1. The molecule has 2 rings (SSSR count). The largest absolute Gasteiger partial charge is 0.487 e. The van der Waals surface area contributed by atoms with E-state index in [9.17, 15) is 9.18 Å². The second kappa shape index (κ2) is 7.03. The third-order valence-corrected chi connectivity index (χ3v) is 4.04. The minimum absolute atomic E-state index is 0.00289. The number of rotatable bonds is 3. The maximum Gasteiger partial charge on any atom is 0.407 e. The number of aromatic nitrogens is 1. The van der Waals surface area contributed by atoms with Gasteiger partial charge < -0.3 is 14.8 Å². The van der Waals surface area contributed by atoms with Crippen LogP contribution < -0.4 is 10.1 Å². The molecule has 23 heavy (non-hydrogen) atoms. The van der Waals surface area contributed by atoms with Crippen molar-refractivity contribution in [2.24, 2.45) is 0 Å². The maximum atomic E-state index is 13.6. The molecule has 7 heteroatoms. The molecule has 1 N–H and O–H groups in total.